The van der Waals surface area contributed by atoms with Gasteiger partial charge in [-0.3, -0.25) is 5.32 Å². The van der Waals surface area contributed by atoms with Crippen molar-refractivity contribution in [1.29, 1.82) is 0 Å². The van der Waals surface area contributed by atoms with Crippen molar-refractivity contribution in [2.24, 2.45) is 0 Å². The zero-order valence-corrected chi connectivity index (χ0v) is 18.5. The summed E-state index contributed by atoms with van der Waals surface area (Å²) in [4.78, 5) is 8.54. The van der Waals surface area contributed by atoms with Gasteiger partial charge in [-0.1, -0.05) is 23.7 Å². The van der Waals surface area contributed by atoms with Gasteiger partial charge >= 0.3 is 0 Å². The highest BCUT2D eigenvalue weighted by molar-refractivity contribution is 7.89. The van der Waals surface area contributed by atoms with Crippen LogP contribution >= 0.6 is 11.6 Å². The summed E-state index contributed by atoms with van der Waals surface area (Å²) in [5, 5.41) is 7.38. The number of nitrogens with one attached hydrogen (secondary N) is 2. The molecule has 3 heterocycles. The molecule has 2 saturated heterocycles. The van der Waals surface area contributed by atoms with Crippen LogP contribution in [0.1, 0.15) is 36.6 Å². The molecule has 4 rings (SSSR count). The van der Waals surface area contributed by atoms with Gasteiger partial charge in [0.15, 0.2) is 0 Å². The summed E-state index contributed by atoms with van der Waals surface area (Å²) in [5.74, 6) is 1.21. The highest BCUT2D eigenvalue weighted by Crippen LogP contribution is 2.31. The lowest BCUT2D eigenvalue weighted by molar-refractivity contribution is 0.311. The first-order valence-corrected chi connectivity index (χ1v) is 12.4. The lowest BCUT2D eigenvalue weighted by Crippen LogP contribution is -2.53. The molecule has 0 saturated carbocycles. The van der Waals surface area contributed by atoms with Crippen LogP contribution in [0.15, 0.2) is 42.7 Å². The lowest BCUT2D eigenvalue weighted by Gasteiger charge is -2.35. The molecular weight excluding hydrogens is 422 g/mol. The molecule has 0 amide bonds. The molecule has 1 unspecified atom stereocenters. The zero-order chi connectivity index (χ0) is 21.0. The van der Waals surface area contributed by atoms with Crippen LogP contribution in [0.4, 0.5) is 0 Å². The van der Waals surface area contributed by atoms with Crippen LogP contribution in [0.25, 0.3) is 0 Å². The molecular formula is C21H28ClN5O2S. The summed E-state index contributed by atoms with van der Waals surface area (Å²) in [6, 6.07) is 9.68. The molecule has 0 radical (unpaired) electrons. The Morgan fingerprint density at radius 2 is 1.83 bits per heavy atom. The summed E-state index contributed by atoms with van der Waals surface area (Å²) in [6.45, 7) is 2.35. The Balaban J connectivity index is 1.38. The molecule has 2 fully saturated rings. The number of nitrogens with zero attached hydrogens (tertiary/aromatic N) is 3. The molecule has 0 bridgehead atoms. The minimum Gasteiger partial charge on any atom is -0.303 e. The minimum atomic E-state index is -3.37. The maximum absolute atomic E-state index is 13.3. The van der Waals surface area contributed by atoms with Gasteiger partial charge in [0.05, 0.1) is 5.75 Å². The molecule has 2 aromatic rings. The van der Waals surface area contributed by atoms with Gasteiger partial charge in [-0.15, -0.1) is 0 Å². The summed E-state index contributed by atoms with van der Waals surface area (Å²) < 4.78 is 28.2. The third-order valence-electron chi connectivity index (χ3n) is 6.15. The van der Waals surface area contributed by atoms with E-state index in [0.29, 0.717) is 45.1 Å². The predicted molar refractivity (Wildman–Crippen MR) is 118 cm³/mol. The third kappa shape index (κ3) is 5.18. The Morgan fingerprint density at radius 3 is 2.47 bits per heavy atom. The normalized spacial score (nSPS) is 23.6. The van der Waals surface area contributed by atoms with E-state index in [-0.39, 0.29) is 5.75 Å². The van der Waals surface area contributed by atoms with Gasteiger partial charge in [-0.25, -0.2) is 22.7 Å². The third-order valence-corrected chi connectivity index (χ3v) is 8.47. The molecule has 0 aliphatic carbocycles. The van der Waals surface area contributed by atoms with E-state index in [1.54, 1.807) is 22.8 Å². The molecule has 162 valence electrons. The SMILES string of the molecule is O=S(=O)(CC1(CCc2ncccn2)CNCN1)N1CCC(c2ccc(Cl)cc2)CC1. The molecule has 7 nitrogen and oxygen atoms in total. The van der Waals surface area contributed by atoms with Gasteiger partial charge in [0.2, 0.25) is 10.0 Å². The van der Waals surface area contributed by atoms with Crippen molar-refractivity contribution in [3.05, 3.63) is 59.1 Å². The standard InChI is InChI=1S/C21H28ClN5O2S/c22-19-4-2-17(3-5-19)18-7-12-27(13-8-18)30(28,29)15-21(14-23-16-26-21)9-6-20-24-10-1-11-25-20/h1-5,10-11,18,23,26H,6-9,12-16H2. The number of hydrogen-bond acceptors (Lipinski definition) is 6. The van der Waals surface area contributed by atoms with Crippen molar-refractivity contribution < 1.29 is 8.42 Å². The van der Waals surface area contributed by atoms with E-state index >= 15 is 0 Å². The maximum Gasteiger partial charge on any atom is 0.215 e. The van der Waals surface area contributed by atoms with Gasteiger partial charge in [0.1, 0.15) is 5.82 Å². The van der Waals surface area contributed by atoms with Crippen molar-refractivity contribution >= 4 is 21.6 Å². The topological polar surface area (TPSA) is 87.2 Å². The van der Waals surface area contributed by atoms with Crippen LogP contribution in [0.2, 0.25) is 5.02 Å². The van der Waals surface area contributed by atoms with Crippen molar-refractivity contribution in [1.82, 2.24) is 24.9 Å². The average Bonchev–Trinajstić information content (AvgIpc) is 3.22. The second kappa shape index (κ2) is 9.28. The zero-order valence-electron chi connectivity index (χ0n) is 16.9. The number of piperidine rings is 1. The van der Waals surface area contributed by atoms with E-state index in [1.807, 2.05) is 24.3 Å². The number of halogens is 1. The van der Waals surface area contributed by atoms with Gasteiger partial charge in [-0.2, -0.15) is 0 Å². The summed E-state index contributed by atoms with van der Waals surface area (Å²) >= 11 is 5.99. The minimum absolute atomic E-state index is 0.0887. The van der Waals surface area contributed by atoms with Gasteiger partial charge in [-0.05, 0) is 48.9 Å². The van der Waals surface area contributed by atoms with E-state index in [2.05, 4.69) is 20.6 Å². The summed E-state index contributed by atoms with van der Waals surface area (Å²) in [5.41, 5.74) is 0.739. The van der Waals surface area contributed by atoms with E-state index in [0.717, 1.165) is 23.7 Å². The first-order chi connectivity index (χ1) is 14.5. The van der Waals surface area contributed by atoms with Gasteiger partial charge in [0.25, 0.3) is 0 Å². The molecule has 30 heavy (non-hydrogen) atoms. The first kappa shape index (κ1) is 21.6. The fourth-order valence-electron chi connectivity index (χ4n) is 4.42. The number of rotatable bonds is 7. The van der Waals surface area contributed by atoms with Crippen molar-refractivity contribution in [2.75, 3.05) is 32.1 Å². The van der Waals surface area contributed by atoms with E-state index in [1.165, 1.54) is 5.56 Å². The van der Waals surface area contributed by atoms with Gasteiger partial charge in [0, 0.05) is 55.7 Å². The fraction of sp³-hybridized carbons (Fsp3) is 0.524. The number of aromatic nitrogens is 2. The quantitative estimate of drug-likeness (QED) is 0.673. The van der Waals surface area contributed by atoms with E-state index in [4.69, 9.17) is 11.6 Å². The highest BCUT2D eigenvalue weighted by atomic mass is 35.5. The van der Waals surface area contributed by atoms with Crippen LogP contribution < -0.4 is 10.6 Å². The number of aryl methyl sites for hydroxylation is 1. The van der Waals surface area contributed by atoms with Crippen molar-refractivity contribution in [3.63, 3.8) is 0 Å². The van der Waals surface area contributed by atoms with E-state index < -0.39 is 15.6 Å². The Morgan fingerprint density at radius 1 is 1.13 bits per heavy atom. The Labute approximate surface area is 183 Å². The fourth-order valence-corrected chi connectivity index (χ4v) is 6.54. The molecule has 2 N–H and O–H groups in total. The predicted octanol–water partition coefficient (Wildman–Crippen LogP) is 2.16. The number of benzene rings is 1. The average molecular weight is 450 g/mol. The number of sulfonamides is 1. The second-order valence-electron chi connectivity index (χ2n) is 8.21. The van der Waals surface area contributed by atoms with Crippen LogP contribution in [0.5, 0.6) is 0 Å². The van der Waals surface area contributed by atoms with Crippen LogP contribution in [0.3, 0.4) is 0 Å². The Kier molecular flexibility index (Phi) is 6.69. The molecule has 1 aromatic heterocycles. The second-order valence-corrected chi connectivity index (χ2v) is 10.6. The molecule has 0 spiro atoms. The van der Waals surface area contributed by atoms with Crippen LogP contribution in [0, 0.1) is 0 Å². The molecule has 1 aromatic carbocycles. The monoisotopic (exact) mass is 449 g/mol. The molecule has 2 aliphatic heterocycles. The Hall–Kier alpha value is -1.58. The maximum atomic E-state index is 13.3. The smallest absolute Gasteiger partial charge is 0.215 e. The lowest BCUT2D eigenvalue weighted by atomic mass is 9.90. The van der Waals surface area contributed by atoms with Gasteiger partial charge < -0.3 is 5.32 Å². The Bertz CT molecular complexity index is 926. The largest absolute Gasteiger partial charge is 0.303 e. The molecule has 2 aliphatic rings. The molecule has 9 heteroatoms. The number of hydrogen-bond donors (Lipinski definition) is 2. The van der Waals surface area contributed by atoms with E-state index in [9.17, 15) is 8.42 Å². The summed E-state index contributed by atoms with van der Waals surface area (Å²) in [6.07, 6.45) is 6.41. The van der Waals surface area contributed by atoms with Crippen LogP contribution in [-0.2, 0) is 16.4 Å². The first-order valence-electron chi connectivity index (χ1n) is 10.4. The van der Waals surface area contributed by atoms with Crippen molar-refractivity contribution in [2.45, 2.75) is 37.1 Å². The van der Waals surface area contributed by atoms with Crippen LogP contribution in [-0.4, -0.2) is 60.3 Å². The summed E-state index contributed by atoms with van der Waals surface area (Å²) in [7, 11) is -3.37. The molecule has 1 atom stereocenters. The van der Waals surface area contributed by atoms with Crippen molar-refractivity contribution in [3.8, 4) is 0 Å². The highest BCUT2D eigenvalue weighted by Gasteiger charge is 2.40.